The van der Waals surface area contributed by atoms with Gasteiger partial charge in [0.25, 0.3) is 0 Å². The number of hydrogen-bond donors (Lipinski definition) is 1. The maximum absolute atomic E-state index is 12.6. The third-order valence-electron chi connectivity index (χ3n) is 3.47. The number of carbonyl (C=O) groups is 2. The molecule has 0 aliphatic rings. The third-order valence-corrected chi connectivity index (χ3v) is 4.61. The first-order valence-electron chi connectivity index (χ1n) is 6.93. The van der Waals surface area contributed by atoms with Crippen LogP contribution < -0.4 is 10.2 Å². The molecule has 0 atom stereocenters. The van der Waals surface area contributed by atoms with E-state index in [1.807, 2.05) is 0 Å². The van der Waals surface area contributed by atoms with Crippen molar-refractivity contribution in [3.05, 3.63) is 52.2 Å². The largest absolute Gasteiger partial charge is 0.482 e. The van der Waals surface area contributed by atoms with E-state index in [0.29, 0.717) is 25.9 Å². The highest BCUT2D eigenvalue weighted by atomic mass is 32.1. The molecule has 122 valence electrons. The minimum absolute atomic E-state index is 0.135. The predicted octanol–water partition coefficient (Wildman–Crippen LogP) is 2.66. The van der Waals surface area contributed by atoms with Crippen LogP contribution in [0.3, 0.4) is 0 Å². The second-order valence-corrected chi connectivity index (χ2v) is 6.05. The lowest BCUT2D eigenvalue weighted by atomic mass is 10.1. The summed E-state index contributed by atoms with van der Waals surface area (Å²) in [7, 11) is 1.26. The Balaban J connectivity index is 2.10. The van der Waals surface area contributed by atoms with Crippen LogP contribution in [-0.2, 0) is 9.53 Å². The lowest BCUT2D eigenvalue weighted by Crippen LogP contribution is -2.12. The number of methoxy groups -OCH3 is 1. The molecule has 6 nitrogen and oxygen atoms in total. The van der Waals surface area contributed by atoms with Gasteiger partial charge >= 0.3 is 11.9 Å². The first kappa shape index (κ1) is 15.9. The van der Waals surface area contributed by atoms with Gasteiger partial charge in [0.2, 0.25) is 0 Å². The van der Waals surface area contributed by atoms with Crippen LogP contribution in [0.5, 0.6) is 5.75 Å². The highest BCUT2D eigenvalue weighted by molar-refractivity contribution is 7.24. The van der Waals surface area contributed by atoms with E-state index in [0.717, 1.165) is 0 Å². The number of benzene rings is 2. The van der Waals surface area contributed by atoms with Gasteiger partial charge in [-0.25, -0.2) is 9.59 Å². The fourth-order valence-corrected chi connectivity index (χ4v) is 3.35. The summed E-state index contributed by atoms with van der Waals surface area (Å²) in [4.78, 5) is 34.8. The van der Waals surface area contributed by atoms with Crippen molar-refractivity contribution in [1.29, 1.82) is 0 Å². The number of rotatable bonds is 4. The molecule has 0 aliphatic heterocycles. The van der Waals surface area contributed by atoms with Gasteiger partial charge in [-0.3, -0.25) is 4.79 Å². The lowest BCUT2D eigenvalue weighted by Gasteiger charge is -2.07. The van der Waals surface area contributed by atoms with Crippen LogP contribution >= 0.6 is 11.3 Å². The van der Waals surface area contributed by atoms with Gasteiger partial charge in [-0.2, -0.15) is 0 Å². The zero-order valence-corrected chi connectivity index (χ0v) is 13.4. The first-order chi connectivity index (χ1) is 11.5. The van der Waals surface area contributed by atoms with Crippen LogP contribution in [0.15, 0.2) is 41.2 Å². The fraction of sp³-hybridized carbons (Fsp3) is 0.118. The summed E-state index contributed by atoms with van der Waals surface area (Å²) in [6.07, 6.45) is 0. The zero-order chi connectivity index (χ0) is 17.3. The van der Waals surface area contributed by atoms with Crippen molar-refractivity contribution in [3.8, 4) is 5.75 Å². The van der Waals surface area contributed by atoms with Gasteiger partial charge < -0.3 is 14.6 Å². The summed E-state index contributed by atoms with van der Waals surface area (Å²) in [5, 5.41) is 9.96. The van der Waals surface area contributed by atoms with Gasteiger partial charge in [-0.05, 0) is 36.4 Å². The van der Waals surface area contributed by atoms with Crippen molar-refractivity contribution in [2.24, 2.45) is 0 Å². The summed E-state index contributed by atoms with van der Waals surface area (Å²) in [6, 6.07) is 9.34. The quantitative estimate of drug-likeness (QED) is 0.578. The van der Waals surface area contributed by atoms with Gasteiger partial charge in [0.15, 0.2) is 12.0 Å². The molecule has 0 unspecified atom stereocenters. The van der Waals surface area contributed by atoms with E-state index in [2.05, 4.69) is 4.74 Å². The molecule has 24 heavy (non-hydrogen) atoms. The standard InChI is InChI=1S/C17H12O6S/c1-22-15(18)8-23-10-3-5-13-12(7-10)16(19)11-4-2-9(17(20)21)6-14(11)24-13/h2-7H,8H2,1H3,(H,20,21). The molecule has 0 spiro atoms. The van der Waals surface area contributed by atoms with Gasteiger partial charge in [-0.1, -0.05) is 0 Å². The van der Waals surface area contributed by atoms with Crippen molar-refractivity contribution < 1.29 is 24.2 Å². The maximum atomic E-state index is 12.6. The minimum Gasteiger partial charge on any atom is -0.482 e. The Kier molecular flexibility index (Phi) is 4.18. The number of aromatic carboxylic acids is 1. The Bertz CT molecular complexity index is 1020. The van der Waals surface area contributed by atoms with Crippen molar-refractivity contribution in [1.82, 2.24) is 0 Å². The number of hydrogen-bond acceptors (Lipinski definition) is 6. The van der Waals surface area contributed by atoms with Crippen molar-refractivity contribution in [3.63, 3.8) is 0 Å². The van der Waals surface area contributed by atoms with Crippen molar-refractivity contribution in [2.45, 2.75) is 0 Å². The normalized spacial score (nSPS) is 10.7. The lowest BCUT2D eigenvalue weighted by molar-refractivity contribution is -0.142. The monoisotopic (exact) mass is 344 g/mol. The van der Waals surface area contributed by atoms with Crippen molar-refractivity contribution >= 4 is 43.4 Å². The minimum atomic E-state index is -1.04. The van der Waals surface area contributed by atoms with E-state index < -0.39 is 11.9 Å². The van der Waals surface area contributed by atoms with Gasteiger partial charge in [0.1, 0.15) is 5.75 Å². The van der Waals surface area contributed by atoms with E-state index in [-0.39, 0.29) is 17.6 Å². The number of esters is 1. The smallest absolute Gasteiger partial charge is 0.343 e. The summed E-state index contributed by atoms with van der Waals surface area (Å²) in [5.41, 5.74) is -0.0743. The second kappa shape index (κ2) is 6.29. The topological polar surface area (TPSA) is 89.9 Å². The molecule has 1 aromatic heterocycles. The van der Waals surface area contributed by atoms with Gasteiger partial charge in [0.05, 0.1) is 12.7 Å². The molecule has 1 heterocycles. The fourth-order valence-electron chi connectivity index (χ4n) is 2.26. The van der Waals surface area contributed by atoms with E-state index in [1.165, 1.54) is 36.6 Å². The summed E-state index contributed by atoms with van der Waals surface area (Å²) in [6.45, 7) is -0.241. The molecular weight excluding hydrogens is 332 g/mol. The Morgan fingerprint density at radius 2 is 1.88 bits per heavy atom. The molecule has 7 heteroatoms. The summed E-state index contributed by atoms with van der Waals surface area (Å²) >= 11 is 1.32. The van der Waals surface area contributed by atoms with Crippen LogP contribution in [0.4, 0.5) is 0 Å². The number of carboxylic acid groups (broad SMARTS) is 1. The molecule has 3 aromatic rings. The highest BCUT2D eigenvalue weighted by Gasteiger charge is 2.11. The molecule has 0 aliphatic carbocycles. The molecule has 2 aromatic carbocycles. The number of carbonyl (C=O) groups excluding carboxylic acids is 1. The number of ether oxygens (including phenoxy) is 2. The van der Waals surface area contributed by atoms with E-state index in [1.54, 1.807) is 18.2 Å². The molecule has 0 saturated carbocycles. The average Bonchev–Trinajstić information content (AvgIpc) is 2.59. The Morgan fingerprint density at radius 1 is 1.08 bits per heavy atom. The van der Waals surface area contributed by atoms with Crippen molar-refractivity contribution in [2.75, 3.05) is 13.7 Å². The van der Waals surface area contributed by atoms with Gasteiger partial charge in [0, 0.05) is 20.2 Å². The molecule has 0 saturated heterocycles. The molecule has 0 radical (unpaired) electrons. The van der Waals surface area contributed by atoms with Crippen LogP contribution in [0.25, 0.3) is 20.2 Å². The highest BCUT2D eigenvalue weighted by Crippen LogP contribution is 2.28. The van der Waals surface area contributed by atoms with Crippen LogP contribution in [0.1, 0.15) is 10.4 Å². The zero-order valence-electron chi connectivity index (χ0n) is 12.6. The third kappa shape index (κ3) is 2.93. The number of carboxylic acids is 1. The van der Waals surface area contributed by atoms with E-state index in [9.17, 15) is 14.4 Å². The number of fused-ring (bicyclic) bond motifs is 2. The molecule has 0 amide bonds. The predicted molar refractivity (Wildman–Crippen MR) is 90.1 cm³/mol. The molecule has 3 rings (SSSR count). The Hall–Kier alpha value is -2.93. The second-order valence-electron chi connectivity index (χ2n) is 4.97. The van der Waals surface area contributed by atoms with E-state index in [4.69, 9.17) is 9.84 Å². The SMILES string of the molecule is COC(=O)COc1ccc2sc3cc(C(=O)O)ccc3c(=O)c2c1. The maximum Gasteiger partial charge on any atom is 0.343 e. The van der Waals surface area contributed by atoms with Crippen LogP contribution in [0, 0.1) is 0 Å². The Morgan fingerprint density at radius 3 is 2.58 bits per heavy atom. The molecule has 0 bridgehead atoms. The van der Waals surface area contributed by atoms with E-state index >= 15 is 0 Å². The van der Waals surface area contributed by atoms with Crippen LogP contribution in [-0.4, -0.2) is 30.8 Å². The Labute approximate surface area is 139 Å². The summed E-state index contributed by atoms with van der Waals surface area (Å²) < 4.78 is 11.1. The average molecular weight is 344 g/mol. The summed E-state index contributed by atoms with van der Waals surface area (Å²) in [5.74, 6) is -1.16. The van der Waals surface area contributed by atoms with Crippen LogP contribution in [0.2, 0.25) is 0 Å². The molecule has 1 N–H and O–H groups in total. The van der Waals surface area contributed by atoms with Gasteiger partial charge in [-0.15, -0.1) is 11.3 Å². The molecule has 0 fully saturated rings. The first-order valence-corrected chi connectivity index (χ1v) is 7.75. The molecular formula is C17H12O6S.